The maximum Gasteiger partial charge on any atom is 0.305 e. The van der Waals surface area contributed by atoms with E-state index in [9.17, 15) is 4.79 Å². The monoisotopic (exact) mass is 478 g/mol. The van der Waals surface area contributed by atoms with Crippen LogP contribution in [-0.4, -0.2) is 92.4 Å². The highest BCUT2D eigenvalue weighted by atomic mass is 16.6. The van der Waals surface area contributed by atoms with Crippen LogP contribution in [0.3, 0.4) is 0 Å². The van der Waals surface area contributed by atoms with Crippen LogP contribution in [-0.2, 0) is 38.0 Å². The largest absolute Gasteiger partial charge is 0.469 e. The number of methoxy groups -OCH3 is 7. The number of hydrogen-bond donors (Lipinski definition) is 0. The molecule has 0 aromatic carbocycles. The van der Waals surface area contributed by atoms with Crippen molar-refractivity contribution in [2.75, 3.05) is 49.8 Å². The molecule has 0 aliphatic rings. The molecule has 198 valence electrons. The fraction of sp³-hybridized carbons (Fsp3) is 0.960. The van der Waals surface area contributed by atoms with Crippen LogP contribution in [0.4, 0.5) is 0 Å². The van der Waals surface area contributed by atoms with Crippen molar-refractivity contribution in [3.63, 3.8) is 0 Å². The van der Waals surface area contributed by atoms with Gasteiger partial charge >= 0.3 is 5.97 Å². The van der Waals surface area contributed by atoms with Gasteiger partial charge in [0.2, 0.25) is 0 Å². The fourth-order valence-electron chi connectivity index (χ4n) is 4.28. The molecular weight excluding hydrogens is 428 g/mol. The first-order valence-corrected chi connectivity index (χ1v) is 12.2. The maximum atomic E-state index is 11.3. The zero-order valence-corrected chi connectivity index (χ0v) is 22.3. The number of esters is 1. The first-order chi connectivity index (χ1) is 15.9. The fourth-order valence-corrected chi connectivity index (χ4v) is 4.28. The molecule has 0 saturated heterocycles. The molecule has 0 fully saturated rings. The molecular formula is C25H50O8. The molecule has 0 aliphatic heterocycles. The highest BCUT2D eigenvalue weighted by molar-refractivity contribution is 5.68. The van der Waals surface area contributed by atoms with Crippen molar-refractivity contribution in [1.82, 2.24) is 0 Å². The number of carbonyl (C=O) groups is 1. The Morgan fingerprint density at radius 1 is 0.545 bits per heavy atom. The third-order valence-corrected chi connectivity index (χ3v) is 6.43. The molecule has 0 aromatic rings. The van der Waals surface area contributed by atoms with Gasteiger partial charge in [0, 0.05) is 61.9 Å². The molecule has 0 N–H and O–H groups in total. The molecule has 0 heterocycles. The van der Waals surface area contributed by atoms with Crippen molar-refractivity contribution in [2.45, 2.75) is 108 Å². The quantitative estimate of drug-likeness (QED) is 0.169. The molecule has 0 bridgehead atoms. The average molecular weight is 479 g/mol. The van der Waals surface area contributed by atoms with E-state index in [2.05, 4.69) is 6.92 Å². The average Bonchev–Trinajstić information content (AvgIpc) is 2.84. The van der Waals surface area contributed by atoms with E-state index in [-0.39, 0.29) is 42.6 Å². The number of unbranched alkanes of at least 4 members (excludes halogenated alkanes) is 3. The highest BCUT2D eigenvalue weighted by Gasteiger charge is 2.33. The summed E-state index contributed by atoms with van der Waals surface area (Å²) in [5.41, 5.74) is 0. The van der Waals surface area contributed by atoms with Crippen LogP contribution in [0.5, 0.6) is 0 Å². The second kappa shape index (κ2) is 20.6. The predicted molar refractivity (Wildman–Crippen MR) is 129 cm³/mol. The molecule has 8 heteroatoms. The van der Waals surface area contributed by atoms with Crippen LogP contribution in [0.15, 0.2) is 0 Å². The van der Waals surface area contributed by atoms with E-state index >= 15 is 0 Å². The molecule has 0 rings (SSSR count). The molecule has 0 saturated carbocycles. The van der Waals surface area contributed by atoms with Gasteiger partial charge in [-0.25, -0.2) is 0 Å². The van der Waals surface area contributed by atoms with Crippen molar-refractivity contribution < 1.29 is 38.0 Å². The van der Waals surface area contributed by atoms with Crippen molar-refractivity contribution in [3.05, 3.63) is 0 Å². The van der Waals surface area contributed by atoms with E-state index in [4.69, 9.17) is 33.2 Å². The minimum Gasteiger partial charge on any atom is -0.469 e. The topological polar surface area (TPSA) is 81.7 Å². The molecule has 0 spiro atoms. The van der Waals surface area contributed by atoms with Gasteiger partial charge in [0.05, 0.1) is 43.7 Å². The van der Waals surface area contributed by atoms with Crippen LogP contribution in [0, 0.1) is 0 Å². The normalized spacial score (nSPS) is 17.2. The van der Waals surface area contributed by atoms with Crippen molar-refractivity contribution in [2.24, 2.45) is 0 Å². The summed E-state index contributed by atoms with van der Waals surface area (Å²) in [4.78, 5) is 11.3. The molecule has 8 nitrogen and oxygen atoms in total. The minimum absolute atomic E-state index is 0.0106. The zero-order valence-electron chi connectivity index (χ0n) is 22.3. The van der Waals surface area contributed by atoms with Crippen molar-refractivity contribution in [1.29, 1.82) is 0 Å². The Labute approximate surface area is 201 Å². The van der Waals surface area contributed by atoms with Crippen LogP contribution in [0.2, 0.25) is 0 Å². The molecule has 6 atom stereocenters. The Morgan fingerprint density at radius 2 is 0.909 bits per heavy atom. The van der Waals surface area contributed by atoms with E-state index in [0.29, 0.717) is 19.3 Å². The van der Waals surface area contributed by atoms with Crippen LogP contribution in [0.25, 0.3) is 0 Å². The molecule has 0 aliphatic carbocycles. The summed E-state index contributed by atoms with van der Waals surface area (Å²) < 4.78 is 39.5. The lowest BCUT2D eigenvalue weighted by Crippen LogP contribution is -2.43. The Bertz CT molecular complexity index is 462. The molecule has 33 heavy (non-hydrogen) atoms. The lowest BCUT2D eigenvalue weighted by atomic mass is 9.93. The third kappa shape index (κ3) is 13.0. The number of carbonyl (C=O) groups excluding carboxylic acids is 1. The molecule has 6 unspecified atom stereocenters. The van der Waals surface area contributed by atoms with E-state index in [0.717, 1.165) is 32.1 Å². The Kier molecular flexibility index (Phi) is 20.1. The Balaban J connectivity index is 5.05. The smallest absolute Gasteiger partial charge is 0.305 e. The molecule has 0 amide bonds. The van der Waals surface area contributed by atoms with Gasteiger partial charge in [0.15, 0.2) is 0 Å². The van der Waals surface area contributed by atoms with Crippen LogP contribution >= 0.6 is 0 Å². The van der Waals surface area contributed by atoms with Gasteiger partial charge in [-0.3, -0.25) is 4.79 Å². The second-order valence-electron chi connectivity index (χ2n) is 8.43. The van der Waals surface area contributed by atoms with E-state index in [1.165, 1.54) is 20.0 Å². The van der Waals surface area contributed by atoms with Gasteiger partial charge in [-0.15, -0.1) is 0 Å². The van der Waals surface area contributed by atoms with Crippen molar-refractivity contribution in [3.8, 4) is 0 Å². The summed E-state index contributed by atoms with van der Waals surface area (Å²) in [5.74, 6) is -0.189. The number of ether oxygens (including phenoxy) is 7. The van der Waals surface area contributed by atoms with Gasteiger partial charge in [-0.05, 0) is 19.3 Å². The van der Waals surface area contributed by atoms with Crippen LogP contribution in [0.1, 0.15) is 71.1 Å². The van der Waals surface area contributed by atoms with Gasteiger partial charge < -0.3 is 33.2 Å². The van der Waals surface area contributed by atoms with Gasteiger partial charge in [0.25, 0.3) is 0 Å². The zero-order chi connectivity index (χ0) is 25.1. The lowest BCUT2D eigenvalue weighted by molar-refractivity contribution is -0.140. The summed E-state index contributed by atoms with van der Waals surface area (Å²) >= 11 is 0. The van der Waals surface area contributed by atoms with E-state index < -0.39 is 0 Å². The first-order valence-electron chi connectivity index (χ1n) is 12.2. The minimum atomic E-state index is -0.196. The van der Waals surface area contributed by atoms with Gasteiger partial charge in [-0.2, -0.15) is 0 Å². The predicted octanol–water partition coefficient (Wildman–Crippen LogP) is 4.17. The van der Waals surface area contributed by atoms with Crippen LogP contribution < -0.4 is 0 Å². The third-order valence-electron chi connectivity index (χ3n) is 6.43. The van der Waals surface area contributed by atoms with Crippen molar-refractivity contribution >= 4 is 5.97 Å². The first kappa shape index (κ1) is 32.2. The highest BCUT2D eigenvalue weighted by Crippen LogP contribution is 2.24. The maximum absolute atomic E-state index is 11.3. The summed E-state index contributed by atoms with van der Waals surface area (Å²) in [6, 6.07) is 0. The second-order valence-corrected chi connectivity index (χ2v) is 8.43. The summed E-state index contributed by atoms with van der Waals surface area (Å²) in [5, 5.41) is 0. The summed E-state index contributed by atoms with van der Waals surface area (Å²) in [7, 11) is 11.6. The number of rotatable bonds is 22. The van der Waals surface area contributed by atoms with Gasteiger partial charge in [0.1, 0.15) is 0 Å². The Morgan fingerprint density at radius 3 is 1.24 bits per heavy atom. The summed E-state index contributed by atoms with van der Waals surface area (Å²) in [6.07, 6.45) is 7.74. The standard InChI is InChI=1S/C25H50O8/c1-9-10-11-14-19(27-2)21(29-4)17-23(31-6)24(32-7)18-22(30-5)20(28-3)15-12-13-16-25(26)33-8/h19-24H,9-18H2,1-8H3. The lowest BCUT2D eigenvalue weighted by Gasteiger charge is -2.34. The summed E-state index contributed by atoms with van der Waals surface area (Å²) in [6.45, 7) is 2.19. The number of hydrogen-bond acceptors (Lipinski definition) is 8. The van der Waals surface area contributed by atoms with Gasteiger partial charge in [-0.1, -0.05) is 32.6 Å². The molecule has 0 aromatic heterocycles. The molecule has 0 radical (unpaired) electrons. The van der Waals surface area contributed by atoms with E-state index in [1.54, 1.807) is 42.7 Å². The Hall–Kier alpha value is -0.770. The van der Waals surface area contributed by atoms with E-state index in [1.807, 2.05) is 0 Å². The SMILES string of the molecule is CCCCCC(OC)C(CC(OC)C(CC(OC)C(CCCCC(=O)OC)OC)OC)OC.